The second kappa shape index (κ2) is 16.7. The summed E-state index contributed by atoms with van der Waals surface area (Å²) in [6, 6.07) is -0.848. The quantitative estimate of drug-likeness (QED) is 0.353. The van der Waals surface area contributed by atoms with Crippen LogP contribution in [0.15, 0.2) is 0 Å². The van der Waals surface area contributed by atoms with Crippen molar-refractivity contribution >= 4 is 23.6 Å². The summed E-state index contributed by atoms with van der Waals surface area (Å²) in [5.74, 6) is -0.656. The van der Waals surface area contributed by atoms with Crippen molar-refractivity contribution in [2.45, 2.75) is 70.8 Å². The Morgan fingerprint density at radius 1 is 1.10 bits per heavy atom. The van der Waals surface area contributed by atoms with Crippen molar-refractivity contribution < 1.29 is 44.3 Å². The SMILES string of the molecule is CCCCCCCCCC(=O)N[C@@H](CCSC)C(=O)[O-].[Na+]. The molecule has 0 aromatic rings. The molecule has 0 radical (unpaired) electrons. The Kier molecular flexibility index (Phi) is 18.7. The van der Waals surface area contributed by atoms with E-state index in [0.29, 0.717) is 18.6 Å². The van der Waals surface area contributed by atoms with Gasteiger partial charge in [0.15, 0.2) is 0 Å². The van der Waals surface area contributed by atoms with Gasteiger partial charge < -0.3 is 15.2 Å². The van der Waals surface area contributed by atoms with Crippen LogP contribution in [0.25, 0.3) is 0 Å². The summed E-state index contributed by atoms with van der Waals surface area (Å²) < 4.78 is 0. The average Bonchev–Trinajstić information content (AvgIpc) is 2.42. The van der Waals surface area contributed by atoms with Crippen LogP contribution in [0.1, 0.15) is 64.7 Å². The summed E-state index contributed by atoms with van der Waals surface area (Å²) >= 11 is 1.56. The fourth-order valence-corrected chi connectivity index (χ4v) is 2.47. The average molecular weight is 325 g/mol. The van der Waals surface area contributed by atoms with Crippen LogP contribution in [0, 0.1) is 0 Å². The molecule has 0 heterocycles. The summed E-state index contributed by atoms with van der Waals surface area (Å²) in [7, 11) is 0. The fourth-order valence-electron chi connectivity index (χ4n) is 1.99. The van der Waals surface area contributed by atoms with Crippen molar-refractivity contribution in [1.82, 2.24) is 5.32 Å². The minimum atomic E-state index is -1.19. The predicted molar refractivity (Wildman–Crippen MR) is 82.5 cm³/mol. The number of amides is 1. The Hall–Kier alpha value is 0.290. The van der Waals surface area contributed by atoms with Gasteiger partial charge in [-0.2, -0.15) is 11.8 Å². The topological polar surface area (TPSA) is 69.2 Å². The monoisotopic (exact) mass is 325 g/mol. The number of carbonyl (C=O) groups excluding carboxylic acids is 2. The van der Waals surface area contributed by atoms with Gasteiger partial charge in [0.1, 0.15) is 0 Å². The molecule has 118 valence electrons. The molecule has 4 nitrogen and oxygen atoms in total. The maximum atomic E-state index is 11.6. The second-order valence-corrected chi connectivity index (χ2v) is 6.08. The zero-order chi connectivity index (χ0) is 15.2. The molecule has 0 saturated carbocycles. The van der Waals surface area contributed by atoms with Gasteiger partial charge in [0.2, 0.25) is 5.91 Å². The van der Waals surface area contributed by atoms with Crippen LogP contribution in [0.2, 0.25) is 0 Å². The van der Waals surface area contributed by atoms with Gasteiger partial charge in [-0.15, -0.1) is 0 Å². The van der Waals surface area contributed by atoms with Crippen LogP contribution in [-0.4, -0.2) is 29.9 Å². The number of carboxylic acids is 1. The van der Waals surface area contributed by atoms with Crippen LogP contribution in [-0.2, 0) is 9.59 Å². The van der Waals surface area contributed by atoms with Crippen molar-refractivity contribution in [1.29, 1.82) is 0 Å². The third-order valence-electron chi connectivity index (χ3n) is 3.24. The number of hydrogen-bond acceptors (Lipinski definition) is 4. The van der Waals surface area contributed by atoms with Gasteiger partial charge >= 0.3 is 29.6 Å². The summed E-state index contributed by atoms with van der Waals surface area (Å²) in [6.07, 6.45) is 10.8. The minimum Gasteiger partial charge on any atom is -0.548 e. The number of carbonyl (C=O) groups is 2. The second-order valence-electron chi connectivity index (χ2n) is 5.09. The third kappa shape index (κ3) is 15.0. The molecular weight excluding hydrogens is 297 g/mol. The van der Waals surface area contributed by atoms with E-state index in [1.807, 2.05) is 6.26 Å². The maximum Gasteiger partial charge on any atom is 1.00 e. The number of carboxylic acid groups (broad SMARTS) is 1. The number of nitrogens with one attached hydrogen (secondary N) is 1. The molecule has 6 heteroatoms. The molecule has 0 aromatic heterocycles. The number of unbranched alkanes of at least 4 members (excludes halogenated alkanes) is 6. The molecule has 0 saturated heterocycles. The van der Waals surface area contributed by atoms with Gasteiger partial charge in [0.25, 0.3) is 0 Å². The smallest absolute Gasteiger partial charge is 0.548 e. The van der Waals surface area contributed by atoms with E-state index in [-0.39, 0.29) is 35.5 Å². The minimum absolute atomic E-state index is 0. The number of rotatable bonds is 13. The Labute approximate surface area is 155 Å². The van der Waals surface area contributed by atoms with E-state index < -0.39 is 12.0 Å². The standard InChI is InChI=1S/C15H29NO3S.Na/c1-3-4-5-6-7-8-9-10-14(17)16-13(15(18)19)11-12-20-2;/h13H,3-12H2,1-2H3,(H,16,17)(H,18,19);/q;+1/p-1/t13-;/m0./s1. The van der Waals surface area contributed by atoms with E-state index >= 15 is 0 Å². The van der Waals surface area contributed by atoms with Crippen molar-refractivity contribution in [3.63, 3.8) is 0 Å². The maximum absolute atomic E-state index is 11.6. The number of hydrogen-bond donors (Lipinski definition) is 1. The largest absolute Gasteiger partial charge is 1.00 e. The van der Waals surface area contributed by atoms with Gasteiger partial charge in [-0.1, -0.05) is 45.4 Å². The molecule has 1 atom stereocenters. The summed E-state index contributed by atoms with van der Waals surface area (Å²) in [6.45, 7) is 2.19. The third-order valence-corrected chi connectivity index (χ3v) is 3.88. The number of aliphatic carboxylic acids is 1. The van der Waals surface area contributed by atoms with Gasteiger partial charge in [-0.3, -0.25) is 4.79 Å². The summed E-state index contributed by atoms with van der Waals surface area (Å²) in [5.41, 5.74) is 0. The van der Waals surface area contributed by atoms with E-state index in [2.05, 4.69) is 12.2 Å². The van der Waals surface area contributed by atoms with Crippen molar-refractivity contribution in [3.05, 3.63) is 0 Å². The fraction of sp³-hybridized carbons (Fsp3) is 0.867. The Morgan fingerprint density at radius 2 is 1.67 bits per heavy atom. The van der Waals surface area contributed by atoms with Crippen molar-refractivity contribution in [2.75, 3.05) is 12.0 Å². The Bertz CT molecular complexity index is 278. The molecule has 0 spiro atoms. The van der Waals surface area contributed by atoms with Crippen LogP contribution in [0.3, 0.4) is 0 Å². The normalized spacial score (nSPS) is 11.5. The molecule has 1 amide bonds. The van der Waals surface area contributed by atoms with Crippen LogP contribution in [0.4, 0.5) is 0 Å². The molecule has 0 aliphatic heterocycles. The van der Waals surface area contributed by atoms with Crippen LogP contribution < -0.4 is 40.0 Å². The van der Waals surface area contributed by atoms with E-state index in [0.717, 1.165) is 19.3 Å². The molecule has 0 aliphatic carbocycles. The molecule has 0 rings (SSSR count). The van der Waals surface area contributed by atoms with Crippen LogP contribution >= 0.6 is 11.8 Å². The molecule has 0 aliphatic rings. The Morgan fingerprint density at radius 3 is 2.19 bits per heavy atom. The molecule has 0 unspecified atom stereocenters. The van der Waals surface area contributed by atoms with Crippen LogP contribution in [0.5, 0.6) is 0 Å². The molecule has 21 heavy (non-hydrogen) atoms. The molecular formula is C15H28NNaO3S. The van der Waals surface area contributed by atoms with E-state index in [1.54, 1.807) is 11.8 Å². The molecule has 0 bridgehead atoms. The first kappa shape index (κ1) is 23.6. The van der Waals surface area contributed by atoms with Crippen molar-refractivity contribution in [3.8, 4) is 0 Å². The van der Waals surface area contributed by atoms with Gasteiger partial charge in [0, 0.05) is 6.42 Å². The first-order valence-electron chi connectivity index (χ1n) is 7.61. The molecule has 1 N–H and O–H groups in total. The Balaban J connectivity index is 0. The van der Waals surface area contributed by atoms with Gasteiger partial charge in [-0.25, -0.2) is 0 Å². The zero-order valence-corrected chi connectivity index (χ0v) is 16.6. The first-order chi connectivity index (χ1) is 9.61. The number of thioether (sulfide) groups is 1. The molecule has 0 fully saturated rings. The first-order valence-corrected chi connectivity index (χ1v) is 9.00. The van der Waals surface area contributed by atoms with Gasteiger partial charge in [-0.05, 0) is 24.9 Å². The van der Waals surface area contributed by atoms with E-state index in [9.17, 15) is 14.7 Å². The summed E-state index contributed by atoms with van der Waals surface area (Å²) in [5, 5.41) is 13.4. The van der Waals surface area contributed by atoms with Gasteiger partial charge in [0.05, 0.1) is 12.0 Å². The van der Waals surface area contributed by atoms with E-state index in [1.165, 1.54) is 25.7 Å². The van der Waals surface area contributed by atoms with E-state index in [4.69, 9.17) is 0 Å². The molecule has 0 aromatic carbocycles. The zero-order valence-electron chi connectivity index (χ0n) is 13.8. The summed E-state index contributed by atoms with van der Waals surface area (Å²) in [4.78, 5) is 22.5. The predicted octanol–water partition coefficient (Wildman–Crippen LogP) is -0.881. The van der Waals surface area contributed by atoms with Crippen molar-refractivity contribution in [2.24, 2.45) is 0 Å².